The molecule has 0 aliphatic carbocycles. The highest BCUT2D eigenvalue weighted by Gasteiger charge is 2.10. The summed E-state index contributed by atoms with van der Waals surface area (Å²) in [4.78, 5) is 12.4. The summed E-state index contributed by atoms with van der Waals surface area (Å²) in [6.45, 7) is 2.10. The van der Waals surface area contributed by atoms with Gasteiger partial charge in [0.1, 0.15) is 0 Å². The Hall–Kier alpha value is -3.02. The van der Waals surface area contributed by atoms with Crippen LogP contribution in [0.15, 0.2) is 48.5 Å². The van der Waals surface area contributed by atoms with Crippen molar-refractivity contribution in [3.63, 3.8) is 0 Å². The topological polar surface area (TPSA) is 72.7 Å². The fraction of sp³-hybridized carbons (Fsp3) is 0.176. The number of carbonyl (C=O) groups excluding carboxylic acids is 1. The molecule has 1 N–H and O–H groups in total. The molecular weight excluding hydrogens is 290 g/mol. The zero-order valence-corrected chi connectivity index (χ0v) is 13.0. The average molecular weight is 307 g/mol. The molecule has 6 heteroatoms. The number of anilines is 1. The molecule has 1 aromatic heterocycles. The quantitative estimate of drug-likeness (QED) is 0.804. The maximum atomic E-state index is 12.4. The third kappa shape index (κ3) is 3.26. The highest BCUT2D eigenvalue weighted by atomic mass is 16.1. The molecule has 6 nitrogen and oxygen atoms in total. The predicted octanol–water partition coefficient (Wildman–Crippen LogP) is 2.69. The smallest absolute Gasteiger partial charge is 0.255 e. The third-order valence-corrected chi connectivity index (χ3v) is 3.62. The van der Waals surface area contributed by atoms with Crippen LogP contribution >= 0.6 is 0 Å². The lowest BCUT2D eigenvalue weighted by Crippen LogP contribution is -2.12. The van der Waals surface area contributed by atoms with E-state index in [0.717, 1.165) is 17.7 Å². The molecule has 0 spiro atoms. The fourth-order valence-corrected chi connectivity index (χ4v) is 2.30. The molecule has 0 bridgehead atoms. The van der Waals surface area contributed by atoms with Crippen molar-refractivity contribution in [1.82, 2.24) is 20.2 Å². The van der Waals surface area contributed by atoms with Crippen molar-refractivity contribution < 1.29 is 4.79 Å². The molecule has 0 radical (unpaired) electrons. The van der Waals surface area contributed by atoms with Gasteiger partial charge in [0.2, 0.25) is 0 Å². The van der Waals surface area contributed by atoms with Crippen molar-refractivity contribution in [3.05, 3.63) is 59.7 Å². The van der Waals surface area contributed by atoms with Gasteiger partial charge in [0.25, 0.3) is 5.91 Å². The van der Waals surface area contributed by atoms with Crippen LogP contribution in [0.4, 0.5) is 5.69 Å². The van der Waals surface area contributed by atoms with Crippen molar-refractivity contribution in [2.75, 3.05) is 5.32 Å². The van der Waals surface area contributed by atoms with E-state index in [9.17, 15) is 4.79 Å². The predicted molar refractivity (Wildman–Crippen MR) is 88.0 cm³/mol. The van der Waals surface area contributed by atoms with Crippen molar-refractivity contribution in [1.29, 1.82) is 0 Å². The van der Waals surface area contributed by atoms with E-state index in [1.165, 1.54) is 5.56 Å². The van der Waals surface area contributed by atoms with Gasteiger partial charge in [-0.1, -0.05) is 31.2 Å². The number of nitrogens with zero attached hydrogens (tertiary/aromatic N) is 4. The summed E-state index contributed by atoms with van der Waals surface area (Å²) in [7, 11) is 1.76. The summed E-state index contributed by atoms with van der Waals surface area (Å²) in [5.41, 5.74) is 3.37. The highest BCUT2D eigenvalue weighted by Crippen LogP contribution is 2.18. The Morgan fingerprint density at radius 2 is 1.96 bits per heavy atom. The van der Waals surface area contributed by atoms with Crippen LogP contribution in [0.2, 0.25) is 0 Å². The monoisotopic (exact) mass is 307 g/mol. The van der Waals surface area contributed by atoms with Gasteiger partial charge in [-0.05, 0) is 46.7 Å². The van der Waals surface area contributed by atoms with Gasteiger partial charge in [0, 0.05) is 23.9 Å². The lowest BCUT2D eigenvalue weighted by molar-refractivity contribution is 0.102. The van der Waals surface area contributed by atoms with E-state index in [0.29, 0.717) is 11.4 Å². The molecule has 0 unspecified atom stereocenters. The van der Waals surface area contributed by atoms with Gasteiger partial charge in [-0.15, -0.1) is 5.10 Å². The number of hydrogen-bond donors (Lipinski definition) is 1. The van der Waals surface area contributed by atoms with E-state index in [4.69, 9.17) is 0 Å². The SMILES string of the molecule is CCc1ccc(NC(=O)c2cccc(-c3nnnn3C)c2)cc1. The summed E-state index contributed by atoms with van der Waals surface area (Å²) in [5.74, 6) is 0.457. The van der Waals surface area contributed by atoms with E-state index in [1.54, 1.807) is 23.9 Å². The van der Waals surface area contributed by atoms with Crippen LogP contribution in [0.1, 0.15) is 22.8 Å². The molecule has 3 aromatic rings. The minimum absolute atomic E-state index is 0.161. The van der Waals surface area contributed by atoms with E-state index in [1.807, 2.05) is 36.4 Å². The highest BCUT2D eigenvalue weighted by molar-refractivity contribution is 6.04. The first-order valence-electron chi connectivity index (χ1n) is 7.40. The average Bonchev–Trinajstić information content (AvgIpc) is 3.02. The number of benzene rings is 2. The normalized spacial score (nSPS) is 10.5. The Morgan fingerprint density at radius 3 is 2.61 bits per heavy atom. The Morgan fingerprint density at radius 1 is 1.17 bits per heavy atom. The molecule has 0 atom stereocenters. The van der Waals surface area contributed by atoms with Crippen molar-refractivity contribution in [2.45, 2.75) is 13.3 Å². The van der Waals surface area contributed by atoms with Crippen molar-refractivity contribution in [3.8, 4) is 11.4 Å². The first-order chi connectivity index (χ1) is 11.2. The van der Waals surface area contributed by atoms with E-state index < -0.39 is 0 Å². The molecular formula is C17H17N5O. The van der Waals surface area contributed by atoms with Gasteiger partial charge < -0.3 is 5.32 Å². The molecule has 116 valence electrons. The number of carbonyl (C=O) groups is 1. The second-order valence-electron chi connectivity index (χ2n) is 5.21. The molecule has 23 heavy (non-hydrogen) atoms. The number of amides is 1. The van der Waals surface area contributed by atoms with Crippen LogP contribution in [0.5, 0.6) is 0 Å². The van der Waals surface area contributed by atoms with E-state index in [2.05, 4.69) is 27.8 Å². The third-order valence-electron chi connectivity index (χ3n) is 3.62. The minimum Gasteiger partial charge on any atom is -0.322 e. The molecule has 3 rings (SSSR count). The Balaban J connectivity index is 1.81. The molecule has 0 saturated heterocycles. The molecule has 1 heterocycles. The summed E-state index contributed by atoms with van der Waals surface area (Å²) < 4.78 is 1.57. The lowest BCUT2D eigenvalue weighted by Gasteiger charge is -2.07. The molecule has 0 aliphatic rings. The first-order valence-corrected chi connectivity index (χ1v) is 7.40. The second-order valence-corrected chi connectivity index (χ2v) is 5.21. The molecule has 1 amide bonds. The van der Waals surface area contributed by atoms with Crippen molar-refractivity contribution in [2.24, 2.45) is 7.05 Å². The van der Waals surface area contributed by atoms with Crippen LogP contribution in [0.3, 0.4) is 0 Å². The summed E-state index contributed by atoms with van der Waals surface area (Å²) in [5, 5.41) is 14.3. The van der Waals surface area contributed by atoms with Crippen LogP contribution in [-0.4, -0.2) is 26.1 Å². The van der Waals surface area contributed by atoms with Gasteiger partial charge in [-0.2, -0.15) is 0 Å². The summed E-state index contributed by atoms with van der Waals surface area (Å²) in [6, 6.07) is 15.1. The molecule has 2 aromatic carbocycles. The van der Waals surface area contributed by atoms with Crippen LogP contribution in [0, 0.1) is 0 Å². The number of rotatable bonds is 4. The van der Waals surface area contributed by atoms with Crippen LogP contribution in [-0.2, 0) is 13.5 Å². The number of hydrogen-bond acceptors (Lipinski definition) is 4. The fourth-order valence-electron chi connectivity index (χ4n) is 2.30. The van der Waals surface area contributed by atoms with E-state index in [-0.39, 0.29) is 5.91 Å². The summed E-state index contributed by atoms with van der Waals surface area (Å²) >= 11 is 0. The largest absolute Gasteiger partial charge is 0.322 e. The summed E-state index contributed by atoms with van der Waals surface area (Å²) in [6.07, 6.45) is 0.974. The Kier molecular flexibility index (Phi) is 4.14. The van der Waals surface area contributed by atoms with Gasteiger partial charge >= 0.3 is 0 Å². The van der Waals surface area contributed by atoms with Gasteiger partial charge in [-0.25, -0.2) is 4.68 Å². The first kappa shape index (κ1) is 14.9. The second kappa shape index (κ2) is 6.39. The number of nitrogens with one attached hydrogen (secondary N) is 1. The Bertz CT molecular complexity index is 823. The zero-order chi connectivity index (χ0) is 16.2. The van der Waals surface area contributed by atoms with Gasteiger partial charge in [0.15, 0.2) is 5.82 Å². The number of tetrazole rings is 1. The van der Waals surface area contributed by atoms with Crippen LogP contribution < -0.4 is 5.32 Å². The molecule has 0 fully saturated rings. The van der Waals surface area contributed by atoms with Crippen molar-refractivity contribution >= 4 is 11.6 Å². The van der Waals surface area contributed by atoms with E-state index >= 15 is 0 Å². The minimum atomic E-state index is -0.161. The molecule has 0 aliphatic heterocycles. The maximum absolute atomic E-state index is 12.4. The maximum Gasteiger partial charge on any atom is 0.255 e. The van der Waals surface area contributed by atoms with Gasteiger partial charge in [-0.3, -0.25) is 4.79 Å². The standard InChI is InChI=1S/C17H17N5O/c1-3-12-7-9-15(10-8-12)18-17(23)14-6-4-5-13(11-14)16-19-20-21-22(16)2/h4-11H,3H2,1-2H3,(H,18,23). The Labute approximate surface area is 134 Å². The van der Waals surface area contributed by atoms with Crippen LogP contribution in [0.25, 0.3) is 11.4 Å². The number of aromatic nitrogens is 4. The lowest BCUT2D eigenvalue weighted by atomic mass is 10.1. The zero-order valence-electron chi connectivity index (χ0n) is 13.0. The van der Waals surface area contributed by atoms with Gasteiger partial charge in [0.05, 0.1) is 0 Å². The number of aryl methyl sites for hydroxylation is 2. The molecule has 0 saturated carbocycles.